The summed E-state index contributed by atoms with van der Waals surface area (Å²) >= 11 is 0. The van der Waals surface area contributed by atoms with E-state index in [0.717, 1.165) is 38.3 Å². The molecule has 1 aromatic heterocycles. The van der Waals surface area contributed by atoms with Gasteiger partial charge < -0.3 is 9.80 Å². The summed E-state index contributed by atoms with van der Waals surface area (Å²) in [6.45, 7) is 5.76. The summed E-state index contributed by atoms with van der Waals surface area (Å²) in [4.78, 5) is 18.9. The fraction of sp³-hybridized carbons (Fsp3) is 0.316. The third-order valence-corrected chi connectivity index (χ3v) is 4.46. The van der Waals surface area contributed by atoms with Gasteiger partial charge in [-0.25, -0.2) is 5.43 Å². The molecule has 130 valence electrons. The largest absolute Gasteiger partial charge is 0.322 e. The number of nitrogens with one attached hydrogen (secondary N) is 3. The van der Waals surface area contributed by atoms with Gasteiger partial charge in [-0.1, -0.05) is 36.4 Å². The van der Waals surface area contributed by atoms with Crippen molar-refractivity contribution in [1.82, 2.24) is 10.4 Å². The number of carbonyl (C=O) groups excluding carboxylic acids is 1. The molecule has 0 bridgehead atoms. The van der Waals surface area contributed by atoms with Crippen LogP contribution >= 0.6 is 0 Å². The maximum atomic E-state index is 12.0. The second-order valence-corrected chi connectivity index (χ2v) is 6.42. The summed E-state index contributed by atoms with van der Waals surface area (Å²) < 4.78 is 0. The van der Waals surface area contributed by atoms with Gasteiger partial charge in [0.05, 0.1) is 6.21 Å². The van der Waals surface area contributed by atoms with Crippen molar-refractivity contribution in [3.05, 3.63) is 66.0 Å². The zero-order chi connectivity index (χ0) is 17.3. The van der Waals surface area contributed by atoms with Gasteiger partial charge in [-0.05, 0) is 6.07 Å². The number of quaternary nitrogens is 2. The van der Waals surface area contributed by atoms with Crippen molar-refractivity contribution in [2.75, 3.05) is 32.7 Å². The molecule has 1 aliphatic rings. The molecule has 0 aliphatic carbocycles. The van der Waals surface area contributed by atoms with Gasteiger partial charge in [-0.3, -0.25) is 9.78 Å². The third-order valence-electron chi connectivity index (χ3n) is 4.46. The van der Waals surface area contributed by atoms with Gasteiger partial charge in [-0.2, -0.15) is 5.10 Å². The molecule has 0 saturated carbocycles. The Balaban J connectivity index is 1.37. The zero-order valence-electron chi connectivity index (χ0n) is 14.3. The summed E-state index contributed by atoms with van der Waals surface area (Å²) in [6, 6.07) is 14.3. The van der Waals surface area contributed by atoms with Crippen molar-refractivity contribution in [3.63, 3.8) is 0 Å². The first-order chi connectivity index (χ1) is 12.3. The highest BCUT2D eigenvalue weighted by Gasteiger charge is 2.24. The van der Waals surface area contributed by atoms with Crippen molar-refractivity contribution in [2.24, 2.45) is 5.10 Å². The number of aromatic nitrogens is 1. The summed E-state index contributed by atoms with van der Waals surface area (Å²) in [6.07, 6.45) is 5.02. The second-order valence-electron chi connectivity index (χ2n) is 6.42. The van der Waals surface area contributed by atoms with Crippen molar-refractivity contribution in [3.8, 4) is 0 Å². The average Bonchev–Trinajstić information content (AvgIpc) is 2.65. The zero-order valence-corrected chi connectivity index (χ0v) is 14.3. The first kappa shape index (κ1) is 17.3. The maximum Gasteiger partial charge on any atom is 0.295 e. The monoisotopic (exact) mass is 339 g/mol. The summed E-state index contributed by atoms with van der Waals surface area (Å²) in [7, 11) is 0. The summed E-state index contributed by atoms with van der Waals surface area (Å²) in [5.74, 6) is -0.0401. The van der Waals surface area contributed by atoms with Gasteiger partial charge >= 0.3 is 0 Å². The Labute approximate surface area is 148 Å². The molecule has 0 atom stereocenters. The Morgan fingerprint density at radius 2 is 1.84 bits per heavy atom. The van der Waals surface area contributed by atoms with Crippen LogP contribution in [0.5, 0.6) is 0 Å². The minimum absolute atomic E-state index is 0.0401. The number of hydrogen-bond acceptors (Lipinski definition) is 3. The van der Waals surface area contributed by atoms with Gasteiger partial charge in [0.1, 0.15) is 32.7 Å². The quantitative estimate of drug-likeness (QED) is 0.444. The Morgan fingerprint density at radius 3 is 2.56 bits per heavy atom. The lowest BCUT2D eigenvalue weighted by Crippen LogP contribution is -3.28. The lowest BCUT2D eigenvalue weighted by molar-refractivity contribution is -1.02. The molecule has 6 nitrogen and oxygen atoms in total. The molecule has 0 unspecified atom stereocenters. The fourth-order valence-electron chi connectivity index (χ4n) is 3.09. The standard InChI is InChI=1S/C19H23N5O/c25-19(22-21-14-18-7-4-8-20-13-18)16-24-11-9-23(10-12-24)15-17-5-2-1-3-6-17/h1-8,13-14H,9-12,15-16H2,(H,22,25)/p+2/b21-14+. The molecule has 6 heteroatoms. The molecule has 1 aromatic carbocycles. The molecular formula is C19H25N5O+2. The second kappa shape index (κ2) is 9.05. The molecule has 1 aliphatic heterocycles. The van der Waals surface area contributed by atoms with Gasteiger partial charge in [0.15, 0.2) is 6.54 Å². The number of piperazine rings is 1. The van der Waals surface area contributed by atoms with Crippen LogP contribution in [-0.4, -0.2) is 49.8 Å². The molecule has 3 rings (SSSR count). The number of hydrogen-bond donors (Lipinski definition) is 3. The SMILES string of the molecule is O=C(C[NH+]1CC[NH+](Cc2ccccc2)CC1)N/N=C/c1cccnc1. The number of rotatable bonds is 6. The number of hydrazone groups is 1. The minimum Gasteiger partial charge on any atom is -0.322 e. The van der Waals surface area contributed by atoms with Crippen LogP contribution in [0.3, 0.4) is 0 Å². The minimum atomic E-state index is -0.0401. The van der Waals surface area contributed by atoms with Gasteiger partial charge in [0, 0.05) is 23.5 Å². The van der Waals surface area contributed by atoms with Gasteiger partial charge in [0.2, 0.25) is 0 Å². The summed E-state index contributed by atoms with van der Waals surface area (Å²) in [5, 5.41) is 3.99. The smallest absolute Gasteiger partial charge is 0.295 e. The molecule has 2 heterocycles. The number of nitrogens with zero attached hydrogens (tertiary/aromatic N) is 2. The van der Waals surface area contributed by atoms with E-state index in [2.05, 4.69) is 45.8 Å². The number of benzene rings is 1. The van der Waals surface area contributed by atoms with Crippen molar-refractivity contribution in [2.45, 2.75) is 6.54 Å². The van der Waals surface area contributed by atoms with Gasteiger partial charge in [0.25, 0.3) is 5.91 Å². The van der Waals surface area contributed by atoms with Crippen molar-refractivity contribution < 1.29 is 14.6 Å². The van der Waals surface area contributed by atoms with Crippen LogP contribution in [-0.2, 0) is 11.3 Å². The number of amides is 1. The van der Waals surface area contributed by atoms with E-state index in [9.17, 15) is 4.79 Å². The van der Waals surface area contributed by atoms with E-state index in [4.69, 9.17) is 0 Å². The highest BCUT2D eigenvalue weighted by atomic mass is 16.2. The number of pyridine rings is 1. The fourth-order valence-corrected chi connectivity index (χ4v) is 3.09. The molecule has 25 heavy (non-hydrogen) atoms. The highest BCUT2D eigenvalue weighted by molar-refractivity contribution is 5.82. The highest BCUT2D eigenvalue weighted by Crippen LogP contribution is 1.95. The number of carbonyl (C=O) groups is 1. The predicted octanol–water partition coefficient (Wildman–Crippen LogP) is -1.48. The van der Waals surface area contributed by atoms with E-state index in [1.807, 2.05) is 12.1 Å². The Morgan fingerprint density at radius 1 is 1.08 bits per heavy atom. The van der Waals surface area contributed by atoms with Crippen LogP contribution in [0.4, 0.5) is 0 Å². The molecule has 1 amide bonds. The Hall–Kier alpha value is -2.57. The van der Waals surface area contributed by atoms with E-state index in [1.165, 1.54) is 10.5 Å². The molecule has 1 saturated heterocycles. The maximum absolute atomic E-state index is 12.0. The van der Waals surface area contributed by atoms with E-state index < -0.39 is 0 Å². The first-order valence-electron chi connectivity index (χ1n) is 8.72. The third kappa shape index (κ3) is 5.77. The summed E-state index contributed by atoms with van der Waals surface area (Å²) in [5.41, 5.74) is 4.85. The van der Waals surface area contributed by atoms with E-state index in [0.29, 0.717) is 6.54 Å². The average molecular weight is 339 g/mol. The van der Waals surface area contributed by atoms with Crippen molar-refractivity contribution in [1.29, 1.82) is 0 Å². The van der Waals surface area contributed by atoms with Crippen molar-refractivity contribution >= 4 is 12.1 Å². The first-order valence-corrected chi connectivity index (χ1v) is 8.72. The van der Waals surface area contributed by atoms with E-state index >= 15 is 0 Å². The van der Waals surface area contributed by atoms with E-state index in [-0.39, 0.29) is 5.91 Å². The van der Waals surface area contributed by atoms with Crippen LogP contribution in [0.1, 0.15) is 11.1 Å². The molecule has 1 fully saturated rings. The Bertz CT molecular complexity index is 681. The lowest BCUT2D eigenvalue weighted by atomic mass is 10.2. The molecule has 0 radical (unpaired) electrons. The van der Waals surface area contributed by atoms with Gasteiger partial charge in [-0.15, -0.1) is 0 Å². The van der Waals surface area contributed by atoms with E-state index in [1.54, 1.807) is 23.5 Å². The van der Waals surface area contributed by atoms with Crippen LogP contribution < -0.4 is 15.2 Å². The molecule has 2 aromatic rings. The van der Waals surface area contributed by atoms with Crippen LogP contribution in [0.25, 0.3) is 0 Å². The Kier molecular flexibility index (Phi) is 6.25. The normalized spacial score (nSPS) is 20.5. The molecule has 3 N–H and O–H groups in total. The topological polar surface area (TPSA) is 63.2 Å². The van der Waals surface area contributed by atoms with Crippen LogP contribution in [0, 0.1) is 0 Å². The molecule has 0 spiro atoms. The van der Waals surface area contributed by atoms with Crippen LogP contribution in [0.15, 0.2) is 60.0 Å². The predicted molar refractivity (Wildman–Crippen MR) is 96.4 cm³/mol. The molecular weight excluding hydrogens is 314 g/mol. The lowest BCUT2D eigenvalue weighted by Gasteiger charge is -2.29. The van der Waals surface area contributed by atoms with Crippen LogP contribution in [0.2, 0.25) is 0 Å².